The van der Waals surface area contributed by atoms with Crippen LogP contribution in [0.4, 0.5) is 0 Å². The Morgan fingerprint density at radius 3 is 2.70 bits per heavy atom. The molecule has 0 spiro atoms. The number of hydrogen-bond acceptors (Lipinski definition) is 5. The Balaban J connectivity index is 2.33. The summed E-state index contributed by atoms with van der Waals surface area (Å²) in [4.78, 5) is 18.6. The van der Waals surface area contributed by atoms with E-state index < -0.39 is 0 Å². The molecule has 0 amide bonds. The molecule has 2 heterocycles. The molecule has 7 nitrogen and oxygen atoms in total. The molecule has 0 atom stereocenters. The van der Waals surface area contributed by atoms with Gasteiger partial charge in [0.2, 0.25) is 0 Å². The average Bonchev–Trinajstić information content (AvgIpc) is 2.95. The van der Waals surface area contributed by atoms with Crippen molar-refractivity contribution in [3.8, 4) is 5.95 Å². The van der Waals surface area contributed by atoms with Gasteiger partial charge in [0.05, 0.1) is 17.4 Å². The third-order valence-electron chi connectivity index (χ3n) is 3.09. The van der Waals surface area contributed by atoms with Crippen LogP contribution < -0.4 is 5.56 Å². The molecule has 1 aromatic carbocycles. The summed E-state index contributed by atoms with van der Waals surface area (Å²) in [6.07, 6.45) is 0.612. The number of aryl methyl sites for hydroxylation is 2. The van der Waals surface area contributed by atoms with Gasteiger partial charge in [-0.2, -0.15) is 4.80 Å². The summed E-state index contributed by atoms with van der Waals surface area (Å²) in [6, 6.07) is 7.27. The normalized spacial score (nSPS) is 11.1. The Morgan fingerprint density at radius 1 is 1.20 bits per heavy atom. The lowest BCUT2D eigenvalue weighted by Crippen LogP contribution is -2.24. The Hall–Kier alpha value is -2.57. The van der Waals surface area contributed by atoms with Gasteiger partial charge in [0, 0.05) is 6.42 Å². The molecule has 0 aliphatic heterocycles. The summed E-state index contributed by atoms with van der Waals surface area (Å²) in [5.74, 6) is 0.899. The van der Waals surface area contributed by atoms with E-state index in [1.165, 1.54) is 9.36 Å². The highest BCUT2D eigenvalue weighted by molar-refractivity contribution is 5.77. The molecule has 0 N–H and O–H groups in total. The summed E-state index contributed by atoms with van der Waals surface area (Å²) >= 11 is 0. The molecule has 0 radical (unpaired) electrons. The van der Waals surface area contributed by atoms with Crippen LogP contribution in [-0.4, -0.2) is 29.8 Å². The lowest BCUT2D eigenvalue weighted by molar-refractivity contribution is 0.551. The molecule has 0 aliphatic rings. The van der Waals surface area contributed by atoms with Gasteiger partial charge in [-0.3, -0.25) is 4.79 Å². The number of hydrogen-bond donors (Lipinski definition) is 0. The quantitative estimate of drug-likeness (QED) is 0.708. The fourth-order valence-corrected chi connectivity index (χ4v) is 2.08. The van der Waals surface area contributed by atoms with Gasteiger partial charge >= 0.3 is 0 Å². The Labute approximate surface area is 114 Å². The van der Waals surface area contributed by atoms with Gasteiger partial charge in [-0.1, -0.05) is 24.2 Å². The average molecular weight is 270 g/mol. The molecule has 2 aromatic heterocycles. The molecule has 0 aliphatic carbocycles. The molecular weight excluding hydrogens is 256 g/mol. The van der Waals surface area contributed by atoms with Crippen LogP contribution in [0.25, 0.3) is 16.9 Å². The first-order chi connectivity index (χ1) is 9.74. The third-order valence-corrected chi connectivity index (χ3v) is 3.09. The number of nitrogens with zero attached hydrogens (tertiary/aromatic N) is 6. The first-order valence-electron chi connectivity index (χ1n) is 6.53. The second-order valence-electron chi connectivity index (χ2n) is 4.32. The highest BCUT2D eigenvalue weighted by atomic mass is 16.1. The zero-order valence-electron chi connectivity index (χ0n) is 11.3. The second-order valence-corrected chi connectivity index (χ2v) is 4.32. The van der Waals surface area contributed by atoms with Crippen LogP contribution in [0.3, 0.4) is 0 Å². The number of fused-ring (bicyclic) bond motifs is 1. The number of benzene rings is 1. The highest BCUT2D eigenvalue weighted by Gasteiger charge is 2.14. The zero-order valence-corrected chi connectivity index (χ0v) is 11.3. The van der Waals surface area contributed by atoms with Crippen LogP contribution in [0.5, 0.6) is 0 Å². The van der Waals surface area contributed by atoms with Gasteiger partial charge in [-0.25, -0.2) is 9.55 Å². The standard InChI is InChI=1S/C13H14N6O/c1-3-11-14-10-8-6-5-7-9(10)12(20)19(11)13-15-17-18(4-2)16-13/h5-8H,3-4H2,1-2H3. The van der Waals surface area contributed by atoms with Crippen molar-refractivity contribution in [1.82, 2.24) is 29.8 Å². The summed E-state index contributed by atoms with van der Waals surface area (Å²) in [7, 11) is 0. The number of tetrazole rings is 1. The van der Waals surface area contributed by atoms with E-state index >= 15 is 0 Å². The van der Waals surface area contributed by atoms with Crippen LogP contribution in [0.15, 0.2) is 29.1 Å². The molecule has 0 fully saturated rings. The van der Waals surface area contributed by atoms with Gasteiger partial charge in [0.1, 0.15) is 5.82 Å². The van der Waals surface area contributed by atoms with Gasteiger partial charge in [0.25, 0.3) is 11.5 Å². The van der Waals surface area contributed by atoms with E-state index in [2.05, 4.69) is 20.4 Å². The van der Waals surface area contributed by atoms with Crippen molar-refractivity contribution >= 4 is 10.9 Å². The van der Waals surface area contributed by atoms with E-state index in [4.69, 9.17) is 0 Å². The topological polar surface area (TPSA) is 78.5 Å². The van der Waals surface area contributed by atoms with Crippen molar-refractivity contribution in [3.63, 3.8) is 0 Å². The Morgan fingerprint density at radius 2 is 2.00 bits per heavy atom. The zero-order chi connectivity index (χ0) is 14.1. The van der Waals surface area contributed by atoms with Crippen molar-refractivity contribution in [2.75, 3.05) is 0 Å². The van der Waals surface area contributed by atoms with Crippen molar-refractivity contribution < 1.29 is 0 Å². The minimum absolute atomic E-state index is 0.164. The van der Waals surface area contributed by atoms with E-state index in [1.54, 1.807) is 6.07 Å². The Bertz CT molecular complexity index is 819. The minimum atomic E-state index is -0.164. The van der Waals surface area contributed by atoms with E-state index in [0.29, 0.717) is 29.7 Å². The van der Waals surface area contributed by atoms with Crippen molar-refractivity contribution in [2.24, 2.45) is 0 Å². The van der Waals surface area contributed by atoms with E-state index in [9.17, 15) is 4.79 Å². The third kappa shape index (κ3) is 1.87. The maximum Gasteiger partial charge on any atom is 0.278 e. The number of aromatic nitrogens is 6. The fraction of sp³-hybridized carbons (Fsp3) is 0.308. The molecular formula is C13H14N6O. The largest absolute Gasteiger partial charge is 0.278 e. The minimum Gasteiger partial charge on any atom is -0.268 e. The lowest BCUT2D eigenvalue weighted by Gasteiger charge is -2.08. The predicted octanol–water partition coefficient (Wildman–Crippen LogP) is 0.954. The summed E-state index contributed by atoms with van der Waals surface area (Å²) in [5, 5.41) is 12.6. The molecule has 0 unspecified atom stereocenters. The van der Waals surface area contributed by atoms with Crippen LogP contribution in [0.1, 0.15) is 19.7 Å². The summed E-state index contributed by atoms with van der Waals surface area (Å²) in [5.41, 5.74) is 0.525. The maximum atomic E-state index is 12.6. The molecule has 0 bridgehead atoms. The first kappa shape index (κ1) is 12.5. The molecule has 102 valence electrons. The van der Waals surface area contributed by atoms with Crippen LogP contribution in [0.2, 0.25) is 0 Å². The van der Waals surface area contributed by atoms with Crippen LogP contribution in [-0.2, 0) is 13.0 Å². The van der Waals surface area contributed by atoms with Crippen LogP contribution in [0, 0.1) is 0 Å². The molecule has 7 heteroatoms. The molecule has 0 saturated heterocycles. The fourth-order valence-electron chi connectivity index (χ4n) is 2.08. The van der Waals surface area contributed by atoms with E-state index in [0.717, 1.165) is 0 Å². The van der Waals surface area contributed by atoms with Gasteiger partial charge in [-0.05, 0) is 24.3 Å². The van der Waals surface area contributed by atoms with E-state index in [1.807, 2.05) is 32.0 Å². The number of rotatable bonds is 3. The molecule has 0 saturated carbocycles. The maximum absolute atomic E-state index is 12.6. The van der Waals surface area contributed by atoms with Crippen LogP contribution >= 0.6 is 0 Å². The molecule has 3 rings (SSSR count). The van der Waals surface area contributed by atoms with Crippen molar-refractivity contribution in [3.05, 3.63) is 40.4 Å². The lowest BCUT2D eigenvalue weighted by atomic mass is 10.2. The highest BCUT2D eigenvalue weighted by Crippen LogP contribution is 2.10. The molecule has 3 aromatic rings. The van der Waals surface area contributed by atoms with Gasteiger partial charge < -0.3 is 0 Å². The molecule has 20 heavy (non-hydrogen) atoms. The number of para-hydroxylation sites is 1. The SMILES string of the molecule is CCc1nc2ccccc2c(=O)n1-c1nnn(CC)n1. The van der Waals surface area contributed by atoms with Crippen molar-refractivity contribution in [1.29, 1.82) is 0 Å². The summed E-state index contributed by atoms with van der Waals surface area (Å²) in [6.45, 7) is 4.45. The van der Waals surface area contributed by atoms with Gasteiger partial charge in [0.15, 0.2) is 0 Å². The van der Waals surface area contributed by atoms with Gasteiger partial charge in [-0.15, -0.1) is 5.10 Å². The smallest absolute Gasteiger partial charge is 0.268 e. The summed E-state index contributed by atoms with van der Waals surface area (Å²) < 4.78 is 1.43. The Kier molecular flexibility index (Phi) is 3.02. The van der Waals surface area contributed by atoms with E-state index in [-0.39, 0.29) is 11.5 Å². The second kappa shape index (κ2) is 4.84. The van der Waals surface area contributed by atoms with Crippen molar-refractivity contribution in [2.45, 2.75) is 26.8 Å². The predicted molar refractivity (Wildman–Crippen MR) is 73.8 cm³/mol. The first-order valence-corrected chi connectivity index (χ1v) is 6.53. The monoisotopic (exact) mass is 270 g/mol.